The summed E-state index contributed by atoms with van der Waals surface area (Å²) in [4.78, 5) is 11.3. The number of nitrogens with one attached hydrogen (secondary N) is 2. The molecule has 1 aliphatic heterocycles. The van der Waals surface area contributed by atoms with Crippen LogP contribution in [-0.2, 0) is 16.6 Å². The van der Waals surface area contributed by atoms with E-state index in [1.807, 2.05) is 6.07 Å². The van der Waals surface area contributed by atoms with E-state index in [-0.39, 0.29) is 17.9 Å². The monoisotopic (exact) mass is 248 g/mol. The number of rotatable bonds is 5. The predicted molar refractivity (Wildman–Crippen MR) is 71.8 cm³/mol. The molecule has 18 heavy (non-hydrogen) atoms. The van der Waals surface area contributed by atoms with E-state index < -0.39 is 0 Å². The van der Waals surface area contributed by atoms with Crippen molar-refractivity contribution in [3.8, 4) is 0 Å². The molecule has 1 aliphatic rings. The van der Waals surface area contributed by atoms with Crippen molar-refractivity contribution in [1.29, 1.82) is 0 Å². The Labute approximate surface area is 107 Å². The second-order valence-electron chi connectivity index (χ2n) is 5.38. The maximum Gasteiger partial charge on any atom is 0.228 e. The van der Waals surface area contributed by atoms with Crippen LogP contribution in [0.1, 0.15) is 25.0 Å². The molecule has 4 heteroatoms. The Bertz CT molecular complexity index is 455. The minimum atomic E-state index is -0.0180. The summed E-state index contributed by atoms with van der Waals surface area (Å²) >= 11 is 0. The number of aliphatic hydroxyl groups excluding tert-OH is 1. The van der Waals surface area contributed by atoms with E-state index in [1.54, 1.807) is 0 Å². The average molecular weight is 248 g/mol. The fourth-order valence-electron chi connectivity index (χ4n) is 2.23. The van der Waals surface area contributed by atoms with E-state index >= 15 is 0 Å². The topological polar surface area (TPSA) is 61.4 Å². The zero-order valence-electron chi connectivity index (χ0n) is 10.9. The molecule has 0 atom stereocenters. The number of hydrogen-bond acceptors (Lipinski definition) is 3. The van der Waals surface area contributed by atoms with Crippen molar-refractivity contribution in [3.05, 3.63) is 29.3 Å². The summed E-state index contributed by atoms with van der Waals surface area (Å²) in [5.41, 5.74) is 3.20. The zero-order valence-corrected chi connectivity index (χ0v) is 10.9. The van der Waals surface area contributed by atoms with Gasteiger partial charge in [0.15, 0.2) is 0 Å². The average Bonchev–Trinajstić information content (AvgIpc) is 2.68. The van der Waals surface area contributed by atoms with Crippen molar-refractivity contribution in [3.63, 3.8) is 0 Å². The van der Waals surface area contributed by atoms with Crippen LogP contribution in [0, 0.1) is 0 Å². The second kappa shape index (κ2) is 5.08. The molecule has 0 aliphatic carbocycles. The van der Waals surface area contributed by atoms with E-state index in [0.29, 0.717) is 13.0 Å². The second-order valence-corrected chi connectivity index (χ2v) is 5.38. The van der Waals surface area contributed by atoms with Gasteiger partial charge in [0, 0.05) is 24.2 Å². The Morgan fingerprint density at radius 2 is 2.22 bits per heavy atom. The van der Waals surface area contributed by atoms with E-state index in [2.05, 4.69) is 36.6 Å². The van der Waals surface area contributed by atoms with E-state index in [1.165, 1.54) is 5.56 Å². The number of anilines is 1. The third-order valence-electron chi connectivity index (χ3n) is 3.37. The van der Waals surface area contributed by atoms with Crippen LogP contribution in [0.25, 0.3) is 0 Å². The molecule has 0 fully saturated rings. The van der Waals surface area contributed by atoms with Crippen LogP contribution in [0.4, 0.5) is 5.69 Å². The van der Waals surface area contributed by atoms with Gasteiger partial charge in [0.05, 0.1) is 13.0 Å². The van der Waals surface area contributed by atoms with Crippen LogP contribution in [0.3, 0.4) is 0 Å². The Kier molecular flexibility index (Phi) is 3.68. The molecule has 0 saturated heterocycles. The molecule has 1 aromatic rings. The van der Waals surface area contributed by atoms with Crippen LogP contribution < -0.4 is 10.6 Å². The summed E-state index contributed by atoms with van der Waals surface area (Å²) in [6, 6.07) is 6.14. The van der Waals surface area contributed by atoms with E-state index in [4.69, 9.17) is 5.11 Å². The van der Waals surface area contributed by atoms with Gasteiger partial charge >= 0.3 is 0 Å². The van der Waals surface area contributed by atoms with Gasteiger partial charge in [-0.25, -0.2) is 0 Å². The van der Waals surface area contributed by atoms with E-state index in [0.717, 1.165) is 17.8 Å². The first-order chi connectivity index (χ1) is 8.53. The molecule has 0 spiro atoms. The Morgan fingerprint density at radius 1 is 1.44 bits per heavy atom. The maximum absolute atomic E-state index is 11.3. The summed E-state index contributed by atoms with van der Waals surface area (Å²) < 4.78 is 0. The number of benzene rings is 1. The number of fused-ring (bicyclic) bond motifs is 1. The molecule has 0 unspecified atom stereocenters. The standard InChI is InChI=1S/C14H20N2O2/c1-14(2,9-15-5-6-17)11-3-4-12-10(7-11)8-13(18)16-12/h3-4,7,15,17H,5-6,8-9H2,1-2H3,(H,16,18). The smallest absolute Gasteiger partial charge is 0.228 e. The summed E-state index contributed by atoms with van der Waals surface area (Å²) in [6.07, 6.45) is 0.476. The van der Waals surface area contributed by atoms with Gasteiger partial charge in [-0.05, 0) is 17.2 Å². The van der Waals surface area contributed by atoms with Crippen LogP contribution in [0.2, 0.25) is 0 Å². The van der Waals surface area contributed by atoms with Crippen molar-refractivity contribution in [2.75, 3.05) is 25.0 Å². The first-order valence-corrected chi connectivity index (χ1v) is 6.28. The lowest BCUT2D eigenvalue weighted by molar-refractivity contribution is -0.115. The van der Waals surface area contributed by atoms with Crippen LogP contribution in [0.15, 0.2) is 18.2 Å². The van der Waals surface area contributed by atoms with Crippen molar-refractivity contribution >= 4 is 11.6 Å². The van der Waals surface area contributed by atoms with Crippen LogP contribution >= 0.6 is 0 Å². The van der Waals surface area contributed by atoms with Crippen molar-refractivity contribution in [2.45, 2.75) is 25.7 Å². The molecule has 0 bridgehead atoms. The lowest BCUT2D eigenvalue weighted by Gasteiger charge is -2.26. The minimum Gasteiger partial charge on any atom is -0.395 e. The number of aliphatic hydroxyl groups is 1. The first-order valence-electron chi connectivity index (χ1n) is 6.28. The highest BCUT2D eigenvalue weighted by Gasteiger charge is 2.24. The molecular weight excluding hydrogens is 228 g/mol. The highest BCUT2D eigenvalue weighted by molar-refractivity contribution is 5.99. The Hall–Kier alpha value is -1.39. The third-order valence-corrected chi connectivity index (χ3v) is 3.37. The van der Waals surface area contributed by atoms with Gasteiger partial charge in [0.25, 0.3) is 0 Å². The van der Waals surface area contributed by atoms with Gasteiger partial charge in [-0.3, -0.25) is 4.79 Å². The molecule has 1 aromatic carbocycles. The van der Waals surface area contributed by atoms with Crippen molar-refractivity contribution in [2.24, 2.45) is 0 Å². The molecule has 0 radical (unpaired) electrons. The Morgan fingerprint density at radius 3 is 2.94 bits per heavy atom. The van der Waals surface area contributed by atoms with Gasteiger partial charge < -0.3 is 15.7 Å². The molecular formula is C14H20N2O2. The lowest BCUT2D eigenvalue weighted by atomic mass is 9.83. The number of amides is 1. The third kappa shape index (κ3) is 2.71. The van der Waals surface area contributed by atoms with Crippen molar-refractivity contribution in [1.82, 2.24) is 5.32 Å². The summed E-state index contributed by atoms with van der Waals surface area (Å²) in [6.45, 7) is 5.87. The highest BCUT2D eigenvalue weighted by atomic mass is 16.3. The van der Waals surface area contributed by atoms with Crippen LogP contribution in [0.5, 0.6) is 0 Å². The molecule has 98 valence electrons. The largest absolute Gasteiger partial charge is 0.395 e. The summed E-state index contributed by atoms with van der Waals surface area (Å²) in [7, 11) is 0. The zero-order chi connectivity index (χ0) is 13.2. The fourth-order valence-corrected chi connectivity index (χ4v) is 2.23. The predicted octanol–water partition coefficient (Wildman–Crippen LogP) is 1.04. The SMILES string of the molecule is CC(C)(CNCCO)c1ccc2c(c1)CC(=O)N2. The van der Waals surface area contributed by atoms with Crippen LogP contribution in [-0.4, -0.2) is 30.7 Å². The highest BCUT2D eigenvalue weighted by Crippen LogP contribution is 2.29. The van der Waals surface area contributed by atoms with Gasteiger partial charge in [-0.1, -0.05) is 26.0 Å². The number of hydrogen-bond donors (Lipinski definition) is 3. The van der Waals surface area contributed by atoms with Gasteiger partial charge in [0.2, 0.25) is 5.91 Å². The van der Waals surface area contributed by atoms with E-state index in [9.17, 15) is 4.79 Å². The molecule has 1 heterocycles. The molecule has 1 amide bonds. The quantitative estimate of drug-likeness (QED) is 0.682. The van der Waals surface area contributed by atoms with Gasteiger partial charge in [0.1, 0.15) is 0 Å². The minimum absolute atomic E-state index is 0.0180. The normalized spacial score (nSPS) is 14.5. The maximum atomic E-state index is 11.3. The summed E-state index contributed by atoms with van der Waals surface area (Å²) in [5.74, 6) is 0.0679. The molecule has 2 rings (SSSR count). The molecule has 3 N–H and O–H groups in total. The van der Waals surface area contributed by atoms with Gasteiger partial charge in [-0.2, -0.15) is 0 Å². The molecule has 0 saturated carbocycles. The number of carbonyl (C=O) groups excluding carboxylic acids is 1. The first kappa shape index (κ1) is 13.1. The summed E-state index contributed by atoms with van der Waals surface area (Å²) in [5, 5.41) is 14.8. The molecule has 4 nitrogen and oxygen atoms in total. The lowest BCUT2D eigenvalue weighted by Crippen LogP contribution is -2.34. The van der Waals surface area contributed by atoms with Gasteiger partial charge in [-0.15, -0.1) is 0 Å². The fraction of sp³-hybridized carbons (Fsp3) is 0.500. The number of carbonyl (C=O) groups is 1. The van der Waals surface area contributed by atoms with Crippen molar-refractivity contribution < 1.29 is 9.90 Å². The molecule has 0 aromatic heterocycles. The Balaban J connectivity index is 2.13.